The van der Waals surface area contributed by atoms with Crippen LogP contribution >= 0.6 is 11.6 Å². The van der Waals surface area contributed by atoms with Crippen LogP contribution in [0.25, 0.3) is 0 Å². The zero-order valence-corrected chi connectivity index (χ0v) is 12.1. The summed E-state index contributed by atoms with van der Waals surface area (Å²) in [6, 6.07) is 1.65. The van der Waals surface area contributed by atoms with Gasteiger partial charge in [-0.3, -0.25) is 5.43 Å². The Balaban J connectivity index is 2.28. The van der Waals surface area contributed by atoms with Crippen LogP contribution in [0, 0.1) is 12.7 Å². The Hall–Kier alpha value is -1.49. The van der Waals surface area contributed by atoms with E-state index in [1.165, 1.54) is 0 Å². The second kappa shape index (κ2) is 3.76. The van der Waals surface area contributed by atoms with Gasteiger partial charge in [0.05, 0.1) is 21.9 Å². The van der Waals surface area contributed by atoms with Gasteiger partial charge in [0.1, 0.15) is 12.0 Å². The van der Waals surface area contributed by atoms with Crippen LogP contribution in [-0.4, -0.2) is 17.5 Å². The van der Waals surface area contributed by atoms with Crippen molar-refractivity contribution in [2.45, 2.75) is 39.4 Å². The molecule has 0 spiro atoms. The zero-order valence-electron chi connectivity index (χ0n) is 11.3. The molecule has 0 bridgehead atoms. The molecule has 2 heterocycles. The van der Waals surface area contributed by atoms with E-state index in [1.807, 2.05) is 32.6 Å². The van der Waals surface area contributed by atoms with E-state index in [9.17, 15) is 4.39 Å². The van der Waals surface area contributed by atoms with Crippen LogP contribution < -0.4 is 15.6 Å². The first-order valence-corrected chi connectivity index (χ1v) is 6.56. The molecular formula is C13H16ClFN4. The summed E-state index contributed by atoms with van der Waals surface area (Å²) in [7, 11) is 0. The number of halogens is 2. The van der Waals surface area contributed by atoms with Crippen molar-refractivity contribution in [3.05, 3.63) is 22.5 Å². The van der Waals surface area contributed by atoms with Crippen molar-refractivity contribution in [3.8, 4) is 0 Å². The highest BCUT2D eigenvalue weighted by molar-refractivity contribution is 6.31. The van der Waals surface area contributed by atoms with Gasteiger partial charge in [-0.2, -0.15) is 5.10 Å². The first-order chi connectivity index (χ1) is 8.83. The van der Waals surface area contributed by atoms with E-state index in [0.717, 1.165) is 17.1 Å². The molecule has 6 heteroatoms. The van der Waals surface area contributed by atoms with Gasteiger partial charge in [0, 0.05) is 0 Å². The SMILES string of the molecule is CC1=NNC2N1c1c(C)cc(Cl)c(F)c1NC2(C)C. The molecule has 0 saturated heterocycles. The number of nitrogens with zero attached hydrogens (tertiary/aromatic N) is 2. The molecule has 1 aromatic rings. The Kier molecular flexibility index (Phi) is 2.48. The van der Waals surface area contributed by atoms with E-state index in [0.29, 0.717) is 5.69 Å². The van der Waals surface area contributed by atoms with Crippen LogP contribution in [0.2, 0.25) is 5.02 Å². The highest BCUT2D eigenvalue weighted by Crippen LogP contribution is 2.44. The zero-order chi connectivity index (χ0) is 13.9. The summed E-state index contributed by atoms with van der Waals surface area (Å²) in [6.07, 6.45) is -0.0423. The fourth-order valence-electron chi connectivity index (χ4n) is 2.79. The van der Waals surface area contributed by atoms with Crippen LogP contribution in [0.5, 0.6) is 0 Å². The third-order valence-electron chi connectivity index (χ3n) is 3.71. The van der Waals surface area contributed by atoms with Crippen LogP contribution in [0.1, 0.15) is 26.3 Å². The quantitative estimate of drug-likeness (QED) is 0.768. The van der Waals surface area contributed by atoms with Gasteiger partial charge in [0.25, 0.3) is 0 Å². The van der Waals surface area contributed by atoms with Crippen LogP contribution in [0.3, 0.4) is 0 Å². The number of aryl methyl sites for hydroxylation is 1. The maximum atomic E-state index is 14.3. The molecule has 1 aromatic carbocycles. The Morgan fingerprint density at radius 3 is 2.79 bits per heavy atom. The minimum Gasteiger partial charge on any atom is -0.372 e. The van der Waals surface area contributed by atoms with Crippen molar-refractivity contribution in [2.24, 2.45) is 5.10 Å². The third-order valence-corrected chi connectivity index (χ3v) is 3.98. The fraction of sp³-hybridized carbons (Fsp3) is 0.462. The maximum Gasteiger partial charge on any atom is 0.167 e. The molecule has 19 heavy (non-hydrogen) atoms. The minimum absolute atomic E-state index is 0.0423. The normalized spacial score (nSPS) is 23.2. The topological polar surface area (TPSA) is 39.7 Å². The molecule has 2 N–H and O–H groups in total. The summed E-state index contributed by atoms with van der Waals surface area (Å²) in [5, 5.41) is 7.65. The molecule has 0 aliphatic carbocycles. The molecule has 2 aliphatic rings. The molecule has 1 atom stereocenters. The van der Waals surface area contributed by atoms with Crippen LogP contribution in [-0.2, 0) is 0 Å². The number of rotatable bonds is 0. The second-order valence-electron chi connectivity index (χ2n) is 5.62. The van der Waals surface area contributed by atoms with Crippen molar-refractivity contribution < 1.29 is 4.39 Å². The maximum absolute atomic E-state index is 14.3. The van der Waals surface area contributed by atoms with Gasteiger partial charge in [-0.1, -0.05) is 11.6 Å². The van der Waals surface area contributed by atoms with E-state index in [4.69, 9.17) is 11.6 Å². The van der Waals surface area contributed by atoms with Gasteiger partial charge >= 0.3 is 0 Å². The molecule has 1 unspecified atom stereocenters. The minimum atomic E-state index is -0.409. The van der Waals surface area contributed by atoms with Gasteiger partial charge < -0.3 is 10.2 Å². The highest BCUT2D eigenvalue weighted by atomic mass is 35.5. The van der Waals surface area contributed by atoms with Gasteiger partial charge in [-0.15, -0.1) is 0 Å². The lowest BCUT2D eigenvalue weighted by Gasteiger charge is -2.45. The number of fused-ring (bicyclic) bond motifs is 3. The lowest BCUT2D eigenvalue weighted by Crippen LogP contribution is -2.60. The molecule has 2 aliphatic heterocycles. The fourth-order valence-corrected chi connectivity index (χ4v) is 3.04. The van der Waals surface area contributed by atoms with E-state index in [1.54, 1.807) is 6.07 Å². The molecule has 0 fully saturated rings. The number of nitrogens with one attached hydrogen (secondary N) is 2. The predicted octanol–water partition coefficient (Wildman–Crippen LogP) is 3.06. The molecule has 102 valence electrons. The summed E-state index contributed by atoms with van der Waals surface area (Å²) in [5.41, 5.74) is 4.90. The van der Waals surface area contributed by atoms with Crippen molar-refractivity contribution in [3.63, 3.8) is 0 Å². The Bertz CT molecular complexity index is 597. The van der Waals surface area contributed by atoms with Gasteiger partial charge in [0.2, 0.25) is 0 Å². The summed E-state index contributed by atoms with van der Waals surface area (Å²) in [6.45, 7) is 7.84. The van der Waals surface area contributed by atoms with Crippen LogP contribution in [0.4, 0.5) is 15.8 Å². The Labute approximate surface area is 116 Å². The summed E-state index contributed by atoms with van der Waals surface area (Å²) >= 11 is 5.94. The number of anilines is 2. The summed E-state index contributed by atoms with van der Waals surface area (Å²) in [4.78, 5) is 2.03. The van der Waals surface area contributed by atoms with Crippen molar-refractivity contribution in [1.29, 1.82) is 0 Å². The average Bonchev–Trinajstić information content (AvgIpc) is 2.69. The van der Waals surface area contributed by atoms with Gasteiger partial charge in [-0.05, 0) is 39.3 Å². The van der Waals surface area contributed by atoms with E-state index in [2.05, 4.69) is 15.8 Å². The van der Waals surface area contributed by atoms with E-state index >= 15 is 0 Å². The van der Waals surface area contributed by atoms with Crippen molar-refractivity contribution in [2.75, 3.05) is 10.2 Å². The molecular weight excluding hydrogens is 267 g/mol. The summed E-state index contributed by atoms with van der Waals surface area (Å²) in [5.74, 6) is 0.416. The predicted molar refractivity (Wildman–Crippen MR) is 76.4 cm³/mol. The molecule has 4 nitrogen and oxygen atoms in total. The van der Waals surface area contributed by atoms with Gasteiger partial charge in [0.15, 0.2) is 5.82 Å². The number of hydrazone groups is 1. The average molecular weight is 283 g/mol. The Morgan fingerprint density at radius 2 is 2.11 bits per heavy atom. The molecule has 3 rings (SSSR count). The number of amidine groups is 1. The van der Waals surface area contributed by atoms with E-state index < -0.39 is 5.82 Å². The monoisotopic (exact) mass is 282 g/mol. The number of hydrogen-bond acceptors (Lipinski definition) is 4. The molecule has 0 amide bonds. The first-order valence-electron chi connectivity index (χ1n) is 6.19. The molecule has 0 radical (unpaired) electrons. The molecule has 0 saturated carbocycles. The number of benzene rings is 1. The third kappa shape index (κ3) is 1.61. The van der Waals surface area contributed by atoms with Crippen molar-refractivity contribution in [1.82, 2.24) is 5.43 Å². The lowest BCUT2D eigenvalue weighted by molar-refractivity contribution is 0.389. The smallest absolute Gasteiger partial charge is 0.167 e. The largest absolute Gasteiger partial charge is 0.372 e. The Morgan fingerprint density at radius 1 is 1.42 bits per heavy atom. The highest BCUT2D eigenvalue weighted by Gasteiger charge is 2.45. The second-order valence-corrected chi connectivity index (χ2v) is 6.03. The van der Waals surface area contributed by atoms with Crippen molar-refractivity contribution >= 4 is 28.8 Å². The van der Waals surface area contributed by atoms with E-state index in [-0.39, 0.29) is 16.7 Å². The molecule has 0 aromatic heterocycles. The van der Waals surface area contributed by atoms with Crippen LogP contribution in [0.15, 0.2) is 11.2 Å². The first kappa shape index (κ1) is 12.5. The lowest BCUT2D eigenvalue weighted by atomic mass is 9.93. The summed E-state index contributed by atoms with van der Waals surface area (Å²) < 4.78 is 14.3. The standard InChI is InChI=1S/C13H16ClFN4/c1-6-5-8(14)9(15)10-11(6)19-7(2)17-18-12(19)13(3,4)16-10/h5,12,16,18H,1-4H3. The number of hydrogen-bond donors (Lipinski definition) is 2. The van der Waals surface area contributed by atoms with Gasteiger partial charge in [-0.25, -0.2) is 4.39 Å².